The summed E-state index contributed by atoms with van der Waals surface area (Å²) in [7, 11) is 0. The fourth-order valence-corrected chi connectivity index (χ4v) is 2.21. The van der Waals surface area contributed by atoms with Gasteiger partial charge < -0.3 is 10.8 Å². The minimum Gasteiger partial charge on any atom is -0.478 e. The highest BCUT2D eigenvalue weighted by Gasteiger charge is 2.01. The minimum atomic E-state index is -0.928. The highest BCUT2D eigenvalue weighted by molar-refractivity contribution is 7.22. The van der Waals surface area contributed by atoms with Gasteiger partial charge in [-0.1, -0.05) is 23.5 Å². The number of hydrogen-bond donors (Lipinski definition) is 2. The Balaban J connectivity index is 2.22. The van der Waals surface area contributed by atoms with Crippen molar-refractivity contribution in [2.75, 3.05) is 5.73 Å². The zero-order valence-electron chi connectivity index (χ0n) is 8.38. The standard InChI is InChI=1S/C11H10N2O2S/c12-11-13-8-5-4-7(6-9(8)16-11)2-1-3-10(14)15/h1,3-6H,2H2,(H2,12,13)(H,14,15)/b3-1+. The lowest BCUT2D eigenvalue weighted by Crippen LogP contribution is -1.87. The fourth-order valence-electron chi connectivity index (χ4n) is 1.41. The molecule has 0 atom stereocenters. The third-order valence-corrected chi connectivity index (χ3v) is 2.93. The number of carbonyl (C=O) groups is 1. The molecule has 82 valence electrons. The van der Waals surface area contributed by atoms with Gasteiger partial charge in [0.1, 0.15) is 0 Å². The summed E-state index contributed by atoms with van der Waals surface area (Å²) in [5.41, 5.74) is 7.53. The molecule has 0 bridgehead atoms. The lowest BCUT2D eigenvalue weighted by atomic mass is 10.1. The molecule has 0 radical (unpaired) electrons. The van der Waals surface area contributed by atoms with Crippen molar-refractivity contribution < 1.29 is 9.90 Å². The van der Waals surface area contributed by atoms with Crippen molar-refractivity contribution in [3.05, 3.63) is 35.9 Å². The van der Waals surface area contributed by atoms with Crippen LogP contribution in [0.5, 0.6) is 0 Å². The van der Waals surface area contributed by atoms with Gasteiger partial charge in [0.15, 0.2) is 5.13 Å². The van der Waals surface area contributed by atoms with Crippen LogP contribution in [0.3, 0.4) is 0 Å². The number of carboxylic acid groups (broad SMARTS) is 1. The van der Waals surface area contributed by atoms with Gasteiger partial charge in [-0.05, 0) is 24.1 Å². The summed E-state index contributed by atoms with van der Waals surface area (Å²) in [6.07, 6.45) is 3.36. The first-order chi connectivity index (χ1) is 7.65. The highest BCUT2D eigenvalue weighted by atomic mass is 32.1. The molecule has 0 aliphatic carbocycles. The van der Waals surface area contributed by atoms with Crippen LogP contribution in [-0.4, -0.2) is 16.1 Å². The SMILES string of the molecule is Nc1nc2ccc(C/C=C/C(=O)O)cc2s1. The van der Waals surface area contributed by atoms with E-state index in [1.54, 1.807) is 6.08 Å². The molecule has 1 aromatic heterocycles. The minimum absolute atomic E-state index is 0.549. The van der Waals surface area contributed by atoms with Crippen molar-refractivity contribution in [3.8, 4) is 0 Å². The van der Waals surface area contributed by atoms with E-state index < -0.39 is 5.97 Å². The number of rotatable bonds is 3. The molecule has 0 aliphatic heterocycles. The highest BCUT2D eigenvalue weighted by Crippen LogP contribution is 2.24. The molecular weight excluding hydrogens is 224 g/mol. The number of hydrogen-bond acceptors (Lipinski definition) is 4. The van der Waals surface area contributed by atoms with E-state index in [-0.39, 0.29) is 0 Å². The molecule has 0 saturated carbocycles. The summed E-state index contributed by atoms with van der Waals surface area (Å²) < 4.78 is 1.03. The van der Waals surface area contributed by atoms with E-state index >= 15 is 0 Å². The topological polar surface area (TPSA) is 76.2 Å². The number of thiazole rings is 1. The van der Waals surface area contributed by atoms with Gasteiger partial charge in [-0.3, -0.25) is 0 Å². The predicted octanol–water partition coefficient (Wildman–Crippen LogP) is 2.06. The number of nitrogens with two attached hydrogens (primary N) is 1. The van der Waals surface area contributed by atoms with Crippen LogP contribution in [0.1, 0.15) is 5.56 Å². The number of anilines is 1. The summed E-state index contributed by atoms with van der Waals surface area (Å²) in [5, 5.41) is 9.00. The van der Waals surface area contributed by atoms with Gasteiger partial charge in [-0.25, -0.2) is 9.78 Å². The number of aromatic nitrogens is 1. The van der Waals surface area contributed by atoms with Gasteiger partial charge in [0.05, 0.1) is 10.2 Å². The van der Waals surface area contributed by atoms with Crippen molar-refractivity contribution in [3.63, 3.8) is 0 Å². The van der Waals surface area contributed by atoms with Crippen LogP contribution in [0.4, 0.5) is 5.13 Å². The fraction of sp³-hybridized carbons (Fsp3) is 0.0909. The van der Waals surface area contributed by atoms with Crippen LogP contribution in [0.25, 0.3) is 10.2 Å². The van der Waals surface area contributed by atoms with Crippen LogP contribution in [0.2, 0.25) is 0 Å². The van der Waals surface area contributed by atoms with E-state index in [2.05, 4.69) is 4.98 Å². The molecule has 16 heavy (non-hydrogen) atoms. The van der Waals surface area contributed by atoms with E-state index in [1.165, 1.54) is 11.3 Å². The Morgan fingerprint density at radius 1 is 1.56 bits per heavy atom. The van der Waals surface area contributed by atoms with Gasteiger partial charge >= 0.3 is 5.97 Å². The molecule has 0 aliphatic rings. The molecule has 0 fully saturated rings. The van der Waals surface area contributed by atoms with Crippen LogP contribution in [0, 0.1) is 0 Å². The Labute approximate surface area is 96.0 Å². The Kier molecular flexibility index (Phi) is 2.87. The molecule has 2 rings (SSSR count). The van der Waals surface area contributed by atoms with E-state index in [0.29, 0.717) is 11.6 Å². The third kappa shape index (κ3) is 2.38. The molecule has 1 aromatic carbocycles. The van der Waals surface area contributed by atoms with Crippen molar-refractivity contribution in [2.45, 2.75) is 6.42 Å². The number of nitrogens with zero attached hydrogens (tertiary/aromatic N) is 1. The molecule has 4 nitrogen and oxygen atoms in total. The second-order valence-corrected chi connectivity index (χ2v) is 4.36. The van der Waals surface area contributed by atoms with E-state index in [4.69, 9.17) is 10.8 Å². The summed E-state index contributed by atoms with van der Waals surface area (Å²) in [4.78, 5) is 14.4. The molecule has 0 spiro atoms. The number of benzene rings is 1. The zero-order valence-corrected chi connectivity index (χ0v) is 9.20. The molecule has 0 amide bonds. The number of carboxylic acids is 1. The normalized spacial score (nSPS) is 11.2. The average molecular weight is 234 g/mol. The first-order valence-corrected chi connectivity index (χ1v) is 5.51. The molecule has 0 unspecified atom stereocenters. The third-order valence-electron chi connectivity index (χ3n) is 2.08. The summed E-state index contributed by atoms with van der Waals surface area (Å²) in [6, 6.07) is 5.80. The maximum absolute atomic E-state index is 10.3. The summed E-state index contributed by atoms with van der Waals surface area (Å²) in [5.74, 6) is -0.928. The zero-order chi connectivity index (χ0) is 11.5. The summed E-state index contributed by atoms with van der Waals surface area (Å²) in [6.45, 7) is 0. The van der Waals surface area contributed by atoms with Crippen molar-refractivity contribution in [1.82, 2.24) is 4.98 Å². The predicted molar refractivity (Wildman–Crippen MR) is 64.5 cm³/mol. The van der Waals surface area contributed by atoms with E-state index in [0.717, 1.165) is 21.9 Å². The Hall–Kier alpha value is -1.88. The van der Waals surface area contributed by atoms with Crippen molar-refractivity contribution >= 4 is 32.7 Å². The first-order valence-electron chi connectivity index (χ1n) is 4.69. The second kappa shape index (κ2) is 4.32. The van der Waals surface area contributed by atoms with Gasteiger partial charge in [-0.15, -0.1) is 0 Å². The maximum atomic E-state index is 10.3. The van der Waals surface area contributed by atoms with Crippen molar-refractivity contribution in [2.24, 2.45) is 0 Å². The molecule has 2 aromatic rings. The van der Waals surface area contributed by atoms with E-state index in [1.807, 2.05) is 18.2 Å². The lowest BCUT2D eigenvalue weighted by Gasteiger charge is -1.95. The van der Waals surface area contributed by atoms with Crippen LogP contribution in [-0.2, 0) is 11.2 Å². The van der Waals surface area contributed by atoms with Crippen LogP contribution in [0.15, 0.2) is 30.4 Å². The molecule has 3 N–H and O–H groups in total. The Morgan fingerprint density at radius 2 is 2.38 bits per heavy atom. The van der Waals surface area contributed by atoms with E-state index in [9.17, 15) is 4.79 Å². The number of allylic oxidation sites excluding steroid dienone is 1. The number of fused-ring (bicyclic) bond motifs is 1. The molecule has 5 heteroatoms. The summed E-state index contributed by atoms with van der Waals surface area (Å²) >= 11 is 1.43. The lowest BCUT2D eigenvalue weighted by molar-refractivity contribution is -0.131. The van der Waals surface area contributed by atoms with Gasteiger partial charge in [-0.2, -0.15) is 0 Å². The van der Waals surface area contributed by atoms with Gasteiger partial charge in [0.25, 0.3) is 0 Å². The smallest absolute Gasteiger partial charge is 0.327 e. The van der Waals surface area contributed by atoms with Gasteiger partial charge in [0.2, 0.25) is 0 Å². The Morgan fingerprint density at radius 3 is 3.12 bits per heavy atom. The van der Waals surface area contributed by atoms with Crippen LogP contribution >= 0.6 is 11.3 Å². The second-order valence-electron chi connectivity index (χ2n) is 3.30. The monoisotopic (exact) mass is 234 g/mol. The van der Waals surface area contributed by atoms with Crippen molar-refractivity contribution in [1.29, 1.82) is 0 Å². The number of aliphatic carboxylic acids is 1. The maximum Gasteiger partial charge on any atom is 0.327 e. The largest absolute Gasteiger partial charge is 0.478 e. The molecular formula is C11H10N2O2S. The first kappa shape index (κ1) is 10.6. The Bertz CT molecular complexity index is 560. The number of nitrogen functional groups attached to an aromatic ring is 1. The molecule has 0 saturated heterocycles. The van der Waals surface area contributed by atoms with Gasteiger partial charge in [0, 0.05) is 6.08 Å². The average Bonchev–Trinajstić information content (AvgIpc) is 2.56. The van der Waals surface area contributed by atoms with Crippen LogP contribution < -0.4 is 5.73 Å². The quantitative estimate of drug-likeness (QED) is 0.797. The molecule has 1 heterocycles.